The summed E-state index contributed by atoms with van der Waals surface area (Å²) in [5, 5.41) is 9.20. The first-order chi connectivity index (χ1) is 9.60. The van der Waals surface area contributed by atoms with Gasteiger partial charge in [-0.15, -0.1) is 0 Å². The van der Waals surface area contributed by atoms with Crippen molar-refractivity contribution in [1.82, 2.24) is 0 Å². The lowest BCUT2D eigenvalue weighted by Gasteiger charge is -2.10. The third-order valence-electron chi connectivity index (χ3n) is 2.71. The van der Waals surface area contributed by atoms with Crippen LogP contribution in [0.4, 0.5) is 0 Å². The Morgan fingerprint density at radius 3 is 2.60 bits per heavy atom. The highest BCUT2D eigenvalue weighted by molar-refractivity contribution is 5.91. The second-order valence-electron chi connectivity index (χ2n) is 4.31. The summed E-state index contributed by atoms with van der Waals surface area (Å²) in [5.74, 6) is 0.540. The highest BCUT2D eigenvalue weighted by atomic mass is 16.5. The van der Waals surface area contributed by atoms with E-state index >= 15 is 0 Å². The van der Waals surface area contributed by atoms with E-state index in [0.717, 1.165) is 5.56 Å². The van der Waals surface area contributed by atoms with E-state index in [1.807, 2.05) is 26.0 Å². The van der Waals surface area contributed by atoms with Gasteiger partial charge in [-0.25, -0.2) is 4.79 Å². The summed E-state index contributed by atoms with van der Waals surface area (Å²) in [7, 11) is 0. The minimum absolute atomic E-state index is 0.145. The van der Waals surface area contributed by atoms with Crippen LogP contribution in [0, 0.1) is 6.92 Å². The van der Waals surface area contributed by atoms with Gasteiger partial charge in [-0.05, 0) is 38.1 Å². The first-order valence-electron chi connectivity index (χ1n) is 6.35. The third-order valence-corrected chi connectivity index (χ3v) is 2.71. The van der Waals surface area contributed by atoms with Crippen LogP contribution in [0.5, 0.6) is 17.2 Å². The van der Waals surface area contributed by atoms with Gasteiger partial charge in [0.25, 0.3) is 0 Å². The van der Waals surface area contributed by atoms with E-state index in [9.17, 15) is 9.90 Å². The quantitative estimate of drug-likeness (QED) is 0.897. The van der Waals surface area contributed by atoms with Crippen molar-refractivity contribution in [3.63, 3.8) is 0 Å². The molecule has 0 heterocycles. The standard InChI is InChI=1S/C16H16O4/c1-3-19-12-5-4-6-13(10-12)20-15-8-7-11(2)9-14(15)16(17)18/h4-10H,3H2,1-2H3,(H,17,18). The molecule has 0 aliphatic rings. The zero-order valence-corrected chi connectivity index (χ0v) is 11.4. The largest absolute Gasteiger partial charge is 0.494 e. The molecular weight excluding hydrogens is 256 g/mol. The molecule has 0 amide bonds. The van der Waals surface area contributed by atoms with Crippen molar-refractivity contribution >= 4 is 5.97 Å². The molecule has 0 aromatic heterocycles. The number of carboxylic acid groups (broad SMARTS) is 1. The topological polar surface area (TPSA) is 55.8 Å². The molecule has 0 saturated heterocycles. The highest BCUT2D eigenvalue weighted by Crippen LogP contribution is 2.28. The fourth-order valence-corrected chi connectivity index (χ4v) is 1.82. The smallest absolute Gasteiger partial charge is 0.339 e. The SMILES string of the molecule is CCOc1cccc(Oc2ccc(C)cc2C(=O)O)c1. The van der Waals surface area contributed by atoms with Crippen LogP contribution in [0.15, 0.2) is 42.5 Å². The number of hydrogen-bond donors (Lipinski definition) is 1. The summed E-state index contributed by atoms with van der Waals surface area (Å²) in [5.41, 5.74) is 1.02. The third kappa shape index (κ3) is 3.29. The molecule has 2 aromatic rings. The van der Waals surface area contributed by atoms with E-state index in [4.69, 9.17) is 9.47 Å². The van der Waals surface area contributed by atoms with E-state index < -0.39 is 5.97 Å². The molecule has 2 rings (SSSR count). The average Bonchev–Trinajstić information content (AvgIpc) is 2.41. The zero-order valence-electron chi connectivity index (χ0n) is 11.4. The maximum absolute atomic E-state index is 11.2. The molecule has 4 heteroatoms. The summed E-state index contributed by atoms with van der Waals surface area (Å²) < 4.78 is 11.0. The number of ether oxygens (including phenoxy) is 2. The Hall–Kier alpha value is -2.49. The predicted molar refractivity (Wildman–Crippen MR) is 75.8 cm³/mol. The van der Waals surface area contributed by atoms with Crippen LogP contribution in [0.25, 0.3) is 0 Å². The minimum atomic E-state index is -1.01. The lowest BCUT2D eigenvalue weighted by Crippen LogP contribution is -2.00. The zero-order chi connectivity index (χ0) is 14.5. The number of hydrogen-bond acceptors (Lipinski definition) is 3. The van der Waals surface area contributed by atoms with Gasteiger partial charge in [0.05, 0.1) is 6.61 Å². The van der Waals surface area contributed by atoms with Gasteiger partial charge < -0.3 is 14.6 Å². The van der Waals surface area contributed by atoms with Crippen molar-refractivity contribution in [1.29, 1.82) is 0 Å². The summed E-state index contributed by atoms with van der Waals surface area (Å²) in [6.07, 6.45) is 0. The lowest BCUT2D eigenvalue weighted by atomic mass is 10.1. The van der Waals surface area contributed by atoms with E-state index in [1.165, 1.54) is 0 Å². The van der Waals surface area contributed by atoms with Crippen LogP contribution in [-0.2, 0) is 0 Å². The van der Waals surface area contributed by atoms with Crippen LogP contribution in [0.3, 0.4) is 0 Å². The first kappa shape index (κ1) is 13.9. The van der Waals surface area contributed by atoms with Crippen molar-refractivity contribution in [2.45, 2.75) is 13.8 Å². The van der Waals surface area contributed by atoms with Crippen molar-refractivity contribution in [3.8, 4) is 17.2 Å². The Morgan fingerprint density at radius 1 is 1.15 bits per heavy atom. The summed E-state index contributed by atoms with van der Waals surface area (Å²) in [4.78, 5) is 11.2. The summed E-state index contributed by atoms with van der Waals surface area (Å²) in [6.45, 7) is 4.30. The molecule has 4 nitrogen and oxygen atoms in total. The van der Waals surface area contributed by atoms with E-state index in [0.29, 0.717) is 23.9 Å². The van der Waals surface area contributed by atoms with E-state index in [-0.39, 0.29) is 5.56 Å². The van der Waals surface area contributed by atoms with Gasteiger partial charge in [-0.3, -0.25) is 0 Å². The average molecular weight is 272 g/mol. The first-order valence-corrected chi connectivity index (χ1v) is 6.35. The Balaban J connectivity index is 2.30. The normalized spacial score (nSPS) is 10.1. The summed E-state index contributed by atoms with van der Waals surface area (Å²) in [6, 6.07) is 12.2. The molecule has 0 aliphatic heterocycles. The van der Waals surface area contributed by atoms with Crippen LogP contribution in [0.1, 0.15) is 22.8 Å². The van der Waals surface area contributed by atoms with Crippen LogP contribution in [0.2, 0.25) is 0 Å². The molecule has 0 saturated carbocycles. The number of carbonyl (C=O) groups is 1. The van der Waals surface area contributed by atoms with Gasteiger partial charge in [0.1, 0.15) is 22.8 Å². The van der Waals surface area contributed by atoms with Gasteiger partial charge in [0, 0.05) is 6.07 Å². The van der Waals surface area contributed by atoms with Crippen LogP contribution >= 0.6 is 0 Å². The molecule has 0 bridgehead atoms. The number of aryl methyl sites for hydroxylation is 1. The molecule has 0 radical (unpaired) electrons. The van der Waals surface area contributed by atoms with Crippen LogP contribution < -0.4 is 9.47 Å². The summed E-state index contributed by atoms with van der Waals surface area (Å²) >= 11 is 0. The van der Waals surface area contributed by atoms with Crippen LogP contribution in [-0.4, -0.2) is 17.7 Å². The minimum Gasteiger partial charge on any atom is -0.494 e. The Labute approximate surface area is 117 Å². The molecule has 1 N–H and O–H groups in total. The Bertz CT molecular complexity index is 620. The molecule has 2 aromatic carbocycles. The Morgan fingerprint density at radius 2 is 1.90 bits per heavy atom. The lowest BCUT2D eigenvalue weighted by molar-refractivity contribution is 0.0694. The molecule has 0 spiro atoms. The molecule has 20 heavy (non-hydrogen) atoms. The van der Waals surface area contributed by atoms with Gasteiger partial charge in [-0.2, -0.15) is 0 Å². The highest BCUT2D eigenvalue weighted by Gasteiger charge is 2.12. The fourth-order valence-electron chi connectivity index (χ4n) is 1.82. The van der Waals surface area contributed by atoms with Crippen molar-refractivity contribution in [3.05, 3.63) is 53.6 Å². The fraction of sp³-hybridized carbons (Fsp3) is 0.188. The number of carboxylic acids is 1. The second-order valence-corrected chi connectivity index (χ2v) is 4.31. The van der Waals surface area contributed by atoms with Gasteiger partial charge in [0.2, 0.25) is 0 Å². The van der Waals surface area contributed by atoms with Gasteiger partial charge in [0.15, 0.2) is 0 Å². The maximum Gasteiger partial charge on any atom is 0.339 e. The second kappa shape index (κ2) is 6.10. The molecule has 0 unspecified atom stereocenters. The molecule has 0 fully saturated rings. The number of aromatic carboxylic acids is 1. The van der Waals surface area contributed by atoms with Crippen molar-refractivity contribution < 1.29 is 19.4 Å². The maximum atomic E-state index is 11.2. The monoisotopic (exact) mass is 272 g/mol. The number of benzene rings is 2. The predicted octanol–water partition coefficient (Wildman–Crippen LogP) is 3.88. The Kier molecular flexibility index (Phi) is 4.25. The molecule has 0 aliphatic carbocycles. The van der Waals surface area contributed by atoms with Crippen molar-refractivity contribution in [2.75, 3.05) is 6.61 Å². The van der Waals surface area contributed by atoms with Gasteiger partial charge >= 0.3 is 5.97 Å². The molecule has 0 atom stereocenters. The van der Waals surface area contributed by atoms with E-state index in [2.05, 4.69) is 0 Å². The van der Waals surface area contributed by atoms with Crippen molar-refractivity contribution in [2.24, 2.45) is 0 Å². The van der Waals surface area contributed by atoms with E-state index in [1.54, 1.807) is 30.3 Å². The molecular formula is C16H16O4. The molecule has 104 valence electrons. The van der Waals surface area contributed by atoms with Gasteiger partial charge in [-0.1, -0.05) is 17.7 Å². The number of rotatable bonds is 5.